The Kier molecular flexibility index (Phi) is 11.8. The zero-order chi connectivity index (χ0) is 16.1. The summed E-state index contributed by atoms with van der Waals surface area (Å²) >= 11 is 0. The summed E-state index contributed by atoms with van der Waals surface area (Å²) in [7, 11) is 1.88. The highest BCUT2D eigenvalue weighted by Crippen LogP contribution is 1.93. The quantitative estimate of drug-likeness (QED) is 0.290. The van der Waals surface area contributed by atoms with Crippen LogP contribution in [-0.2, 0) is 9.59 Å². The summed E-state index contributed by atoms with van der Waals surface area (Å²) in [4.78, 5) is 25.2. The lowest BCUT2D eigenvalue weighted by atomic mass is 10.4. The summed E-state index contributed by atoms with van der Waals surface area (Å²) in [5, 5.41) is 23.9. The smallest absolute Gasteiger partial charge is 0.317 e. The van der Waals surface area contributed by atoms with E-state index in [2.05, 4.69) is 10.6 Å². The normalized spacial score (nSPS) is 11.2. The monoisotopic (exact) mass is 304 g/mol. The Balaban J connectivity index is 4.09. The Morgan fingerprint density at radius 1 is 0.905 bits per heavy atom. The van der Waals surface area contributed by atoms with Crippen molar-refractivity contribution in [2.24, 2.45) is 0 Å². The summed E-state index contributed by atoms with van der Waals surface area (Å²) in [6.45, 7) is 6.60. The molecule has 0 heterocycles. The molecule has 0 fully saturated rings. The van der Waals surface area contributed by atoms with Crippen LogP contribution in [0.1, 0.15) is 6.92 Å². The third-order valence-electron chi connectivity index (χ3n) is 3.05. The summed E-state index contributed by atoms with van der Waals surface area (Å²) < 4.78 is 0. The average molecular weight is 304 g/mol. The molecule has 0 saturated carbocycles. The van der Waals surface area contributed by atoms with Crippen LogP contribution >= 0.6 is 0 Å². The summed E-state index contributed by atoms with van der Waals surface area (Å²) in [5.74, 6) is -1.73. The van der Waals surface area contributed by atoms with Crippen molar-refractivity contribution in [3.8, 4) is 0 Å². The molecule has 0 unspecified atom stereocenters. The minimum absolute atomic E-state index is 0.0160. The van der Waals surface area contributed by atoms with Crippen molar-refractivity contribution < 1.29 is 19.8 Å². The number of carbonyl (C=O) groups is 2. The van der Waals surface area contributed by atoms with Gasteiger partial charge in [-0.1, -0.05) is 6.92 Å². The standard InChI is InChI=1S/C13H28N4O4/c1-3-16(10-12(18)19)8-9-17(11-13(20)21)7-6-15-5-4-14-2/h14-15H,3-11H2,1-2H3,(H,18,19)(H,20,21). The van der Waals surface area contributed by atoms with Crippen LogP contribution in [0.5, 0.6) is 0 Å². The van der Waals surface area contributed by atoms with Gasteiger partial charge < -0.3 is 20.8 Å². The Morgan fingerprint density at radius 2 is 1.48 bits per heavy atom. The number of hydrogen-bond acceptors (Lipinski definition) is 6. The Bertz CT molecular complexity index is 302. The van der Waals surface area contributed by atoms with E-state index < -0.39 is 11.9 Å². The second kappa shape index (κ2) is 12.5. The van der Waals surface area contributed by atoms with Gasteiger partial charge in [-0.15, -0.1) is 0 Å². The van der Waals surface area contributed by atoms with Crippen molar-refractivity contribution in [2.45, 2.75) is 6.92 Å². The van der Waals surface area contributed by atoms with Gasteiger partial charge in [0.25, 0.3) is 0 Å². The molecule has 0 aliphatic rings. The van der Waals surface area contributed by atoms with Crippen molar-refractivity contribution in [3.05, 3.63) is 0 Å². The van der Waals surface area contributed by atoms with Crippen molar-refractivity contribution in [1.29, 1.82) is 0 Å². The van der Waals surface area contributed by atoms with Gasteiger partial charge in [-0.05, 0) is 13.6 Å². The first-order valence-corrected chi connectivity index (χ1v) is 7.23. The molecule has 8 heteroatoms. The highest BCUT2D eigenvalue weighted by molar-refractivity contribution is 5.69. The fourth-order valence-electron chi connectivity index (χ4n) is 1.86. The van der Waals surface area contributed by atoms with Gasteiger partial charge in [-0.2, -0.15) is 0 Å². The van der Waals surface area contributed by atoms with Gasteiger partial charge in [0.1, 0.15) is 0 Å². The van der Waals surface area contributed by atoms with Crippen LogP contribution < -0.4 is 10.6 Å². The maximum absolute atomic E-state index is 10.9. The Hall–Kier alpha value is -1.22. The molecule has 0 aromatic carbocycles. The highest BCUT2D eigenvalue weighted by Gasteiger charge is 2.12. The van der Waals surface area contributed by atoms with Gasteiger partial charge >= 0.3 is 11.9 Å². The Morgan fingerprint density at radius 3 is 2.00 bits per heavy atom. The SMILES string of the molecule is CCN(CCN(CCNCCNC)CC(=O)O)CC(=O)O. The van der Waals surface area contributed by atoms with Crippen molar-refractivity contribution in [2.75, 3.05) is 66.0 Å². The lowest BCUT2D eigenvalue weighted by Gasteiger charge is -2.25. The first-order valence-electron chi connectivity index (χ1n) is 7.23. The lowest BCUT2D eigenvalue weighted by Crippen LogP contribution is -2.42. The molecule has 0 spiro atoms. The van der Waals surface area contributed by atoms with Crippen LogP contribution in [0.2, 0.25) is 0 Å². The topological polar surface area (TPSA) is 105 Å². The molecule has 21 heavy (non-hydrogen) atoms. The van der Waals surface area contributed by atoms with E-state index in [1.165, 1.54) is 0 Å². The van der Waals surface area contributed by atoms with Crippen molar-refractivity contribution >= 4 is 11.9 Å². The number of nitrogens with one attached hydrogen (secondary N) is 2. The van der Waals surface area contributed by atoms with Gasteiger partial charge in [0, 0.05) is 39.3 Å². The molecule has 0 rings (SSSR count). The van der Waals surface area contributed by atoms with E-state index in [-0.39, 0.29) is 13.1 Å². The first kappa shape index (κ1) is 19.8. The summed E-state index contributed by atoms with van der Waals surface area (Å²) in [5.41, 5.74) is 0. The fourth-order valence-corrected chi connectivity index (χ4v) is 1.86. The van der Waals surface area contributed by atoms with Crippen LogP contribution in [0.3, 0.4) is 0 Å². The maximum atomic E-state index is 10.9. The second-order valence-electron chi connectivity index (χ2n) is 4.79. The molecular formula is C13H28N4O4. The second-order valence-corrected chi connectivity index (χ2v) is 4.79. The molecule has 124 valence electrons. The Labute approximate surface area is 126 Å². The number of carboxylic acid groups (broad SMARTS) is 2. The van der Waals surface area contributed by atoms with E-state index in [0.29, 0.717) is 32.7 Å². The molecule has 0 atom stereocenters. The molecule has 0 radical (unpaired) electrons. The third-order valence-corrected chi connectivity index (χ3v) is 3.05. The first-order chi connectivity index (χ1) is 9.99. The largest absolute Gasteiger partial charge is 0.480 e. The molecule has 0 bridgehead atoms. The van der Waals surface area contributed by atoms with Crippen molar-refractivity contribution in [3.63, 3.8) is 0 Å². The molecule has 4 N–H and O–H groups in total. The van der Waals surface area contributed by atoms with E-state index in [1.54, 1.807) is 4.90 Å². The molecule has 0 aliphatic carbocycles. The van der Waals surface area contributed by atoms with Crippen LogP contribution in [0.4, 0.5) is 0 Å². The minimum atomic E-state index is -0.869. The molecule has 0 saturated heterocycles. The van der Waals surface area contributed by atoms with E-state index in [0.717, 1.165) is 13.1 Å². The molecule has 0 aromatic heterocycles. The highest BCUT2D eigenvalue weighted by atomic mass is 16.4. The summed E-state index contributed by atoms with van der Waals surface area (Å²) in [6, 6.07) is 0. The maximum Gasteiger partial charge on any atom is 0.317 e. The number of hydrogen-bond donors (Lipinski definition) is 4. The molecule has 0 amide bonds. The molecule has 0 aromatic rings. The van der Waals surface area contributed by atoms with Gasteiger partial charge in [0.05, 0.1) is 13.1 Å². The molecular weight excluding hydrogens is 276 g/mol. The summed E-state index contributed by atoms with van der Waals surface area (Å²) in [6.07, 6.45) is 0. The van der Waals surface area contributed by atoms with E-state index in [9.17, 15) is 9.59 Å². The molecule has 8 nitrogen and oxygen atoms in total. The predicted molar refractivity (Wildman–Crippen MR) is 80.6 cm³/mol. The van der Waals surface area contributed by atoms with Crippen molar-refractivity contribution in [1.82, 2.24) is 20.4 Å². The number of rotatable bonds is 14. The van der Waals surface area contributed by atoms with Crippen LogP contribution in [-0.4, -0.2) is 97.9 Å². The van der Waals surface area contributed by atoms with Gasteiger partial charge in [-0.25, -0.2) is 0 Å². The number of nitrogens with zero attached hydrogens (tertiary/aromatic N) is 2. The van der Waals surface area contributed by atoms with Gasteiger partial charge in [0.15, 0.2) is 0 Å². The third kappa shape index (κ3) is 12.2. The van der Waals surface area contributed by atoms with Crippen LogP contribution in [0, 0.1) is 0 Å². The van der Waals surface area contributed by atoms with Crippen LogP contribution in [0.25, 0.3) is 0 Å². The number of likely N-dealkylation sites (N-methyl/N-ethyl adjacent to an activating group) is 2. The predicted octanol–water partition coefficient (Wildman–Crippen LogP) is -1.41. The van der Waals surface area contributed by atoms with E-state index >= 15 is 0 Å². The lowest BCUT2D eigenvalue weighted by molar-refractivity contribution is -0.140. The van der Waals surface area contributed by atoms with E-state index in [4.69, 9.17) is 10.2 Å². The van der Waals surface area contributed by atoms with Gasteiger partial charge in [-0.3, -0.25) is 19.4 Å². The average Bonchev–Trinajstić information content (AvgIpc) is 2.41. The van der Waals surface area contributed by atoms with E-state index in [1.807, 2.05) is 18.9 Å². The number of aliphatic carboxylic acids is 2. The zero-order valence-corrected chi connectivity index (χ0v) is 13.0. The zero-order valence-electron chi connectivity index (χ0n) is 13.0. The van der Waals surface area contributed by atoms with Crippen LogP contribution in [0.15, 0.2) is 0 Å². The fraction of sp³-hybridized carbons (Fsp3) is 0.846. The minimum Gasteiger partial charge on any atom is -0.480 e. The molecule has 0 aliphatic heterocycles. The number of carboxylic acids is 2. The van der Waals surface area contributed by atoms with Gasteiger partial charge in [0.2, 0.25) is 0 Å².